The van der Waals surface area contributed by atoms with Crippen molar-refractivity contribution in [2.24, 2.45) is 0 Å². The molecule has 1 heterocycles. The molecule has 3 rings (SSSR count). The van der Waals surface area contributed by atoms with Crippen LogP contribution in [-0.2, 0) is 4.79 Å². The molecule has 124 valence electrons. The average molecular weight is 381 g/mol. The number of nitrogens with one attached hydrogen (secondary N) is 1. The summed E-state index contributed by atoms with van der Waals surface area (Å²) in [6.45, 7) is 3.62. The normalized spacial score (nSPS) is 12.2. The van der Waals surface area contributed by atoms with Gasteiger partial charge >= 0.3 is 0 Å². The summed E-state index contributed by atoms with van der Waals surface area (Å²) >= 11 is 13.5. The number of thiazole rings is 1. The zero-order chi connectivity index (χ0) is 17.3. The number of amides is 1. The van der Waals surface area contributed by atoms with E-state index >= 15 is 0 Å². The van der Waals surface area contributed by atoms with Gasteiger partial charge in [-0.05, 0) is 50.2 Å². The molecule has 3 aromatic rings. The molecule has 7 heteroatoms. The van der Waals surface area contributed by atoms with Crippen LogP contribution in [0.25, 0.3) is 10.2 Å². The zero-order valence-corrected chi connectivity index (χ0v) is 15.3. The number of fused-ring (bicyclic) bond motifs is 1. The van der Waals surface area contributed by atoms with Crippen LogP contribution < -0.4 is 10.1 Å². The van der Waals surface area contributed by atoms with Crippen LogP contribution in [0.5, 0.6) is 5.75 Å². The molecule has 0 fully saturated rings. The SMILES string of the molecule is Cc1nc2ccc(NC(=O)[C@H](C)Oc3ccc(Cl)cc3Cl)cc2s1. The van der Waals surface area contributed by atoms with Crippen LogP contribution in [0.3, 0.4) is 0 Å². The van der Waals surface area contributed by atoms with Gasteiger partial charge in [-0.25, -0.2) is 4.98 Å². The van der Waals surface area contributed by atoms with Gasteiger partial charge < -0.3 is 10.1 Å². The van der Waals surface area contributed by atoms with Crippen molar-refractivity contribution < 1.29 is 9.53 Å². The summed E-state index contributed by atoms with van der Waals surface area (Å²) in [4.78, 5) is 16.7. The molecular formula is C17H14Cl2N2O2S. The number of aryl methyl sites for hydroxylation is 1. The topological polar surface area (TPSA) is 51.2 Å². The first-order valence-electron chi connectivity index (χ1n) is 7.22. The second-order valence-electron chi connectivity index (χ2n) is 5.24. The van der Waals surface area contributed by atoms with Gasteiger partial charge in [-0.15, -0.1) is 11.3 Å². The van der Waals surface area contributed by atoms with Crippen molar-refractivity contribution in [1.82, 2.24) is 4.98 Å². The fraction of sp³-hybridized carbons (Fsp3) is 0.176. The average Bonchev–Trinajstić information content (AvgIpc) is 2.89. The van der Waals surface area contributed by atoms with Crippen molar-refractivity contribution in [1.29, 1.82) is 0 Å². The molecule has 2 aromatic carbocycles. The van der Waals surface area contributed by atoms with E-state index in [1.807, 2.05) is 25.1 Å². The minimum absolute atomic E-state index is 0.262. The number of hydrogen-bond donors (Lipinski definition) is 1. The van der Waals surface area contributed by atoms with E-state index in [1.165, 1.54) is 0 Å². The number of aromatic nitrogens is 1. The Balaban J connectivity index is 1.70. The Bertz CT molecular complexity index is 911. The molecule has 0 aliphatic heterocycles. The van der Waals surface area contributed by atoms with E-state index < -0.39 is 6.10 Å². The minimum atomic E-state index is -0.706. The standard InChI is InChI=1S/C17H14Cl2N2O2S/c1-9(23-15-6-3-11(18)7-13(15)19)17(22)21-12-4-5-14-16(8-12)24-10(2)20-14/h3-9H,1-2H3,(H,21,22)/t9-/m0/s1. The Morgan fingerprint density at radius 1 is 1.25 bits per heavy atom. The Morgan fingerprint density at radius 2 is 2.04 bits per heavy atom. The van der Waals surface area contributed by atoms with E-state index in [9.17, 15) is 4.79 Å². The number of ether oxygens (including phenoxy) is 1. The predicted octanol–water partition coefficient (Wildman–Crippen LogP) is 5.32. The Morgan fingerprint density at radius 3 is 2.79 bits per heavy atom. The summed E-state index contributed by atoms with van der Waals surface area (Å²) in [5, 5.41) is 4.70. The largest absolute Gasteiger partial charge is 0.479 e. The van der Waals surface area contributed by atoms with Crippen molar-refractivity contribution in [2.45, 2.75) is 20.0 Å². The fourth-order valence-corrected chi connectivity index (χ4v) is 3.50. The van der Waals surface area contributed by atoms with Gasteiger partial charge in [0.15, 0.2) is 6.10 Å². The van der Waals surface area contributed by atoms with E-state index in [4.69, 9.17) is 27.9 Å². The van der Waals surface area contributed by atoms with Crippen LogP contribution >= 0.6 is 34.5 Å². The van der Waals surface area contributed by atoms with Gasteiger partial charge in [-0.1, -0.05) is 23.2 Å². The summed E-state index contributed by atoms with van der Waals surface area (Å²) in [6, 6.07) is 10.5. The lowest BCUT2D eigenvalue weighted by Gasteiger charge is -2.15. The van der Waals surface area contributed by atoms with Crippen molar-refractivity contribution >= 4 is 56.3 Å². The first-order chi connectivity index (χ1) is 11.4. The maximum atomic E-state index is 12.3. The monoisotopic (exact) mass is 380 g/mol. The summed E-state index contributed by atoms with van der Waals surface area (Å²) in [5.74, 6) is 0.152. The third-order valence-electron chi connectivity index (χ3n) is 3.33. The first kappa shape index (κ1) is 17.0. The van der Waals surface area contributed by atoms with E-state index in [0.717, 1.165) is 15.2 Å². The van der Waals surface area contributed by atoms with Crippen molar-refractivity contribution in [2.75, 3.05) is 5.32 Å². The molecule has 1 amide bonds. The smallest absolute Gasteiger partial charge is 0.265 e. The molecule has 0 saturated heterocycles. The molecule has 0 aliphatic rings. The van der Waals surface area contributed by atoms with E-state index in [1.54, 1.807) is 36.5 Å². The molecule has 1 atom stereocenters. The predicted molar refractivity (Wildman–Crippen MR) is 99.5 cm³/mol. The van der Waals surface area contributed by atoms with Crippen molar-refractivity contribution in [3.05, 3.63) is 51.5 Å². The van der Waals surface area contributed by atoms with Crippen molar-refractivity contribution in [3.8, 4) is 5.75 Å². The second-order valence-corrected chi connectivity index (χ2v) is 7.32. The van der Waals surface area contributed by atoms with Gasteiger partial charge in [0.05, 0.1) is 20.2 Å². The van der Waals surface area contributed by atoms with Crippen LogP contribution in [0.15, 0.2) is 36.4 Å². The first-order valence-corrected chi connectivity index (χ1v) is 8.79. The summed E-state index contributed by atoms with van der Waals surface area (Å²) < 4.78 is 6.64. The van der Waals surface area contributed by atoms with Crippen LogP contribution in [0, 0.1) is 6.92 Å². The van der Waals surface area contributed by atoms with Crippen LogP contribution in [-0.4, -0.2) is 17.0 Å². The highest BCUT2D eigenvalue weighted by atomic mass is 35.5. The molecule has 24 heavy (non-hydrogen) atoms. The summed E-state index contributed by atoms with van der Waals surface area (Å²) in [5.41, 5.74) is 1.63. The van der Waals surface area contributed by atoms with E-state index in [0.29, 0.717) is 21.5 Å². The maximum Gasteiger partial charge on any atom is 0.265 e. The van der Waals surface area contributed by atoms with Gasteiger partial charge in [0, 0.05) is 10.7 Å². The summed E-state index contributed by atoms with van der Waals surface area (Å²) in [6.07, 6.45) is -0.706. The number of anilines is 1. The molecule has 0 unspecified atom stereocenters. The molecule has 0 saturated carbocycles. The van der Waals surface area contributed by atoms with Gasteiger partial charge in [0.1, 0.15) is 5.75 Å². The molecule has 1 aromatic heterocycles. The van der Waals surface area contributed by atoms with Crippen LogP contribution in [0.1, 0.15) is 11.9 Å². The lowest BCUT2D eigenvalue weighted by molar-refractivity contribution is -0.122. The van der Waals surface area contributed by atoms with Gasteiger partial charge in [-0.3, -0.25) is 4.79 Å². The number of carbonyl (C=O) groups excluding carboxylic acids is 1. The van der Waals surface area contributed by atoms with Crippen LogP contribution in [0.2, 0.25) is 10.0 Å². The van der Waals surface area contributed by atoms with Gasteiger partial charge in [0.25, 0.3) is 5.91 Å². The highest BCUT2D eigenvalue weighted by Gasteiger charge is 2.17. The minimum Gasteiger partial charge on any atom is -0.479 e. The molecule has 0 radical (unpaired) electrons. The molecule has 0 bridgehead atoms. The highest BCUT2D eigenvalue weighted by molar-refractivity contribution is 7.18. The number of benzene rings is 2. The molecule has 0 spiro atoms. The van der Waals surface area contributed by atoms with Crippen LogP contribution in [0.4, 0.5) is 5.69 Å². The van der Waals surface area contributed by atoms with Crippen molar-refractivity contribution in [3.63, 3.8) is 0 Å². The molecule has 4 nitrogen and oxygen atoms in total. The maximum absolute atomic E-state index is 12.3. The Labute approximate surface area is 153 Å². The number of halogens is 2. The lowest BCUT2D eigenvalue weighted by atomic mass is 10.2. The third-order valence-corrected chi connectivity index (χ3v) is 4.79. The van der Waals surface area contributed by atoms with Gasteiger partial charge in [0.2, 0.25) is 0 Å². The molecule has 0 aliphatic carbocycles. The number of rotatable bonds is 4. The second kappa shape index (κ2) is 6.97. The molecule has 1 N–H and O–H groups in total. The zero-order valence-electron chi connectivity index (χ0n) is 13.0. The van der Waals surface area contributed by atoms with Gasteiger partial charge in [-0.2, -0.15) is 0 Å². The third kappa shape index (κ3) is 3.80. The number of carbonyl (C=O) groups is 1. The Hall–Kier alpha value is -1.82. The molecular weight excluding hydrogens is 367 g/mol. The van der Waals surface area contributed by atoms with E-state index in [2.05, 4.69) is 10.3 Å². The number of nitrogens with zero attached hydrogens (tertiary/aromatic N) is 1. The Kier molecular flexibility index (Phi) is 4.94. The van der Waals surface area contributed by atoms with E-state index in [-0.39, 0.29) is 5.91 Å². The summed E-state index contributed by atoms with van der Waals surface area (Å²) in [7, 11) is 0. The quantitative estimate of drug-likeness (QED) is 0.666. The fourth-order valence-electron chi connectivity index (χ4n) is 2.18. The highest BCUT2D eigenvalue weighted by Crippen LogP contribution is 2.29. The number of hydrogen-bond acceptors (Lipinski definition) is 4. The lowest BCUT2D eigenvalue weighted by Crippen LogP contribution is -2.30.